The van der Waals surface area contributed by atoms with Gasteiger partial charge in [-0.1, -0.05) is 20.8 Å². The van der Waals surface area contributed by atoms with Crippen LogP contribution in [-0.2, 0) is 6.42 Å². The summed E-state index contributed by atoms with van der Waals surface area (Å²) in [6, 6.07) is 5.73. The Hall–Kier alpha value is -1.68. The zero-order valence-electron chi connectivity index (χ0n) is 12.6. The highest BCUT2D eigenvalue weighted by molar-refractivity contribution is 5.99. The minimum absolute atomic E-state index is 0.200. The second-order valence-corrected chi connectivity index (χ2v) is 4.97. The maximum atomic E-state index is 12.2. The van der Waals surface area contributed by atoms with Gasteiger partial charge in [0, 0.05) is 24.9 Å². The van der Waals surface area contributed by atoms with Gasteiger partial charge in [-0.05, 0) is 31.3 Å². The number of aryl methyl sites for hydroxylation is 1. The van der Waals surface area contributed by atoms with Crippen molar-refractivity contribution in [2.75, 3.05) is 19.6 Å². The lowest BCUT2D eigenvalue weighted by Gasteiger charge is -2.16. The van der Waals surface area contributed by atoms with Crippen molar-refractivity contribution >= 4 is 16.8 Å². The summed E-state index contributed by atoms with van der Waals surface area (Å²) in [6.45, 7) is 9.11. The molecule has 0 radical (unpaired) electrons. The Morgan fingerprint density at radius 3 is 2.65 bits per heavy atom. The van der Waals surface area contributed by atoms with Gasteiger partial charge < -0.3 is 9.88 Å². The van der Waals surface area contributed by atoms with Crippen molar-refractivity contribution in [1.29, 1.82) is 0 Å². The van der Waals surface area contributed by atoms with Crippen molar-refractivity contribution in [3.63, 3.8) is 0 Å². The third kappa shape index (κ3) is 3.25. The molecule has 0 spiro atoms. The van der Waals surface area contributed by atoms with Crippen LogP contribution in [0.5, 0.6) is 0 Å². The van der Waals surface area contributed by atoms with Crippen molar-refractivity contribution in [2.45, 2.75) is 33.6 Å². The fourth-order valence-electron chi connectivity index (χ4n) is 2.35. The van der Waals surface area contributed by atoms with Gasteiger partial charge in [-0.3, -0.25) is 4.79 Å². The molecule has 0 atom stereocenters. The minimum Gasteiger partial charge on any atom is -0.342 e. The standard InChI is InChI=1S/C16H23N3O/c1-4-16-17-13-8-7-12(11-14(13)18-16)15(20)9-10-19(5-2)6-3/h7-8,11H,4-6,9-10H2,1-3H3,(H,17,18). The quantitative estimate of drug-likeness (QED) is 0.789. The average molecular weight is 273 g/mol. The number of hydrogen-bond acceptors (Lipinski definition) is 3. The van der Waals surface area contributed by atoms with Crippen LogP contribution >= 0.6 is 0 Å². The normalized spacial score (nSPS) is 11.4. The van der Waals surface area contributed by atoms with Gasteiger partial charge in [-0.25, -0.2) is 4.98 Å². The molecule has 1 heterocycles. The van der Waals surface area contributed by atoms with E-state index in [0.717, 1.165) is 48.5 Å². The molecular weight excluding hydrogens is 250 g/mol. The van der Waals surface area contributed by atoms with Gasteiger partial charge in [0.2, 0.25) is 0 Å². The van der Waals surface area contributed by atoms with Crippen LogP contribution in [0.15, 0.2) is 18.2 Å². The van der Waals surface area contributed by atoms with Crippen molar-refractivity contribution < 1.29 is 4.79 Å². The third-order valence-corrected chi connectivity index (χ3v) is 3.74. The van der Waals surface area contributed by atoms with E-state index in [2.05, 4.69) is 35.6 Å². The number of benzene rings is 1. The number of aromatic nitrogens is 2. The molecule has 0 aliphatic rings. The largest absolute Gasteiger partial charge is 0.342 e. The van der Waals surface area contributed by atoms with E-state index in [1.165, 1.54) is 0 Å². The summed E-state index contributed by atoms with van der Waals surface area (Å²) in [5, 5.41) is 0. The summed E-state index contributed by atoms with van der Waals surface area (Å²) in [5.74, 6) is 1.17. The zero-order chi connectivity index (χ0) is 14.5. The van der Waals surface area contributed by atoms with E-state index in [9.17, 15) is 4.79 Å². The molecule has 20 heavy (non-hydrogen) atoms. The Kier molecular flexibility index (Phi) is 4.90. The number of rotatable bonds is 7. The van der Waals surface area contributed by atoms with Crippen molar-refractivity contribution in [1.82, 2.24) is 14.9 Å². The third-order valence-electron chi connectivity index (χ3n) is 3.74. The van der Waals surface area contributed by atoms with E-state index in [0.29, 0.717) is 6.42 Å². The van der Waals surface area contributed by atoms with Gasteiger partial charge in [0.1, 0.15) is 5.82 Å². The van der Waals surface area contributed by atoms with Crippen molar-refractivity contribution in [2.24, 2.45) is 0 Å². The minimum atomic E-state index is 0.200. The fourth-order valence-corrected chi connectivity index (χ4v) is 2.35. The Balaban J connectivity index is 2.09. The number of fused-ring (bicyclic) bond motifs is 1. The van der Waals surface area contributed by atoms with Crippen LogP contribution in [0.3, 0.4) is 0 Å². The van der Waals surface area contributed by atoms with Gasteiger partial charge >= 0.3 is 0 Å². The number of carbonyl (C=O) groups is 1. The number of carbonyl (C=O) groups excluding carboxylic acids is 1. The summed E-state index contributed by atoms with van der Waals surface area (Å²) in [4.78, 5) is 22.2. The van der Waals surface area contributed by atoms with Gasteiger partial charge in [0.25, 0.3) is 0 Å². The molecule has 0 amide bonds. The number of nitrogens with one attached hydrogen (secondary N) is 1. The molecule has 1 aromatic heterocycles. The molecule has 0 aliphatic heterocycles. The number of ketones is 1. The molecular formula is C16H23N3O. The SMILES string of the molecule is CCc1nc2ccc(C(=O)CCN(CC)CC)cc2[nH]1. The first-order valence-electron chi connectivity index (χ1n) is 7.42. The topological polar surface area (TPSA) is 49.0 Å². The second-order valence-electron chi connectivity index (χ2n) is 4.97. The number of H-pyrrole nitrogens is 1. The summed E-state index contributed by atoms with van der Waals surface area (Å²) in [7, 11) is 0. The predicted octanol–water partition coefficient (Wildman–Crippen LogP) is 3.04. The molecule has 108 valence electrons. The molecule has 2 rings (SSSR count). The highest BCUT2D eigenvalue weighted by Crippen LogP contribution is 2.15. The molecule has 0 saturated carbocycles. The monoisotopic (exact) mass is 273 g/mol. The lowest BCUT2D eigenvalue weighted by molar-refractivity contribution is 0.0966. The number of Topliss-reactive ketones (excluding diaryl/α,β-unsaturated/α-hetero) is 1. The van der Waals surface area contributed by atoms with Crippen molar-refractivity contribution in [3.05, 3.63) is 29.6 Å². The predicted molar refractivity (Wildman–Crippen MR) is 82.2 cm³/mol. The van der Waals surface area contributed by atoms with Crippen LogP contribution < -0.4 is 0 Å². The first-order valence-corrected chi connectivity index (χ1v) is 7.42. The Bertz CT molecular complexity index is 584. The van der Waals surface area contributed by atoms with Crippen molar-refractivity contribution in [3.8, 4) is 0 Å². The fraction of sp³-hybridized carbons (Fsp3) is 0.500. The average Bonchev–Trinajstić information content (AvgIpc) is 2.90. The summed E-state index contributed by atoms with van der Waals surface area (Å²) < 4.78 is 0. The highest BCUT2D eigenvalue weighted by Gasteiger charge is 2.10. The first kappa shape index (κ1) is 14.7. The van der Waals surface area contributed by atoms with Crippen LogP contribution in [0, 0.1) is 0 Å². The lowest BCUT2D eigenvalue weighted by atomic mass is 10.1. The highest BCUT2D eigenvalue weighted by atomic mass is 16.1. The van der Waals surface area contributed by atoms with E-state index >= 15 is 0 Å². The molecule has 0 bridgehead atoms. The number of nitrogens with zero attached hydrogens (tertiary/aromatic N) is 2. The number of hydrogen-bond donors (Lipinski definition) is 1. The maximum Gasteiger partial charge on any atom is 0.164 e. The zero-order valence-corrected chi connectivity index (χ0v) is 12.6. The molecule has 0 saturated heterocycles. The Morgan fingerprint density at radius 2 is 2.00 bits per heavy atom. The molecule has 1 N–H and O–H groups in total. The van der Waals surface area contributed by atoms with E-state index < -0.39 is 0 Å². The second kappa shape index (κ2) is 6.66. The van der Waals surface area contributed by atoms with E-state index in [1.54, 1.807) is 0 Å². The van der Waals surface area contributed by atoms with Gasteiger partial charge in [0.05, 0.1) is 11.0 Å². The Labute approximate surface area is 120 Å². The van der Waals surface area contributed by atoms with Gasteiger partial charge in [-0.2, -0.15) is 0 Å². The Morgan fingerprint density at radius 1 is 1.25 bits per heavy atom. The smallest absolute Gasteiger partial charge is 0.164 e. The van der Waals surface area contributed by atoms with E-state index in [-0.39, 0.29) is 5.78 Å². The summed E-state index contributed by atoms with van der Waals surface area (Å²) >= 11 is 0. The molecule has 4 heteroatoms. The first-order chi connectivity index (χ1) is 9.67. The maximum absolute atomic E-state index is 12.2. The molecule has 0 fully saturated rings. The molecule has 1 aromatic carbocycles. The summed E-state index contributed by atoms with van der Waals surface area (Å²) in [5.41, 5.74) is 2.66. The van der Waals surface area contributed by atoms with Gasteiger partial charge in [-0.15, -0.1) is 0 Å². The summed E-state index contributed by atoms with van der Waals surface area (Å²) in [6.07, 6.45) is 1.45. The van der Waals surface area contributed by atoms with Crippen LogP contribution in [0.1, 0.15) is 43.4 Å². The number of aromatic amines is 1. The lowest BCUT2D eigenvalue weighted by Crippen LogP contribution is -2.25. The van der Waals surface area contributed by atoms with E-state index in [1.807, 2.05) is 18.2 Å². The van der Waals surface area contributed by atoms with Crippen LogP contribution in [0.4, 0.5) is 0 Å². The van der Waals surface area contributed by atoms with E-state index in [4.69, 9.17) is 0 Å². The van der Waals surface area contributed by atoms with Crippen LogP contribution in [-0.4, -0.2) is 40.3 Å². The van der Waals surface area contributed by atoms with Gasteiger partial charge in [0.15, 0.2) is 5.78 Å². The molecule has 0 aliphatic carbocycles. The number of imidazole rings is 1. The molecule has 0 unspecified atom stereocenters. The van der Waals surface area contributed by atoms with Crippen LogP contribution in [0.2, 0.25) is 0 Å². The molecule has 2 aromatic rings. The molecule has 4 nitrogen and oxygen atoms in total. The van der Waals surface area contributed by atoms with Crippen LogP contribution in [0.25, 0.3) is 11.0 Å².